The van der Waals surface area contributed by atoms with Gasteiger partial charge in [-0.1, -0.05) is 12.1 Å². The average Bonchev–Trinajstić information content (AvgIpc) is 2.66. The molecule has 5 nitrogen and oxygen atoms in total. The van der Waals surface area contributed by atoms with Gasteiger partial charge in [0.1, 0.15) is 0 Å². The number of hydrogen-bond acceptors (Lipinski definition) is 4. The van der Waals surface area contributed by atoms with E-state index in [4.69, 9.17) is 5.14 Å². The third-order valence-electron chi connectivity index (χ3n) is 4.92. The Morgan fingerprint density at radius 2 is 1.95 bits per heavy atom. The van der Waals surface area contributed by atoms with Gasteiger partial charge in [-0.15, -0.1) is 0 Å². The van der Waals surface area contributed by atoms with Crippen molar-refractivity contribution in [3.05, 3.63) is 29.8 Å². The van der Waals surface area contributed by atoms with Crippen LogP contribution in [0.15, 0.2) is 29.2 Å². The molecule has 0 radical (unpaired) electrons. The quantitative estimate of drug-likeness (QED) is 0.872. The van der Waals surface area contributed by atoms with Crippen molar-refractivity contribution in [2.24, 2.45) is 5.14 Å². The second-order valence-electron chi connectivity index (χ2n) is 6.29. The molecule has 1 aromatic carbocycles. The van der Waals surface area contributed by atoms with E-state index < -0.39 is 10.0 Å². The lowest BCUT2D eigenvalue weighted by Gasteiger charge is -2.36. The number of primary sulfonamides is 1. The van der Waals surface area contributed by atoms with E-state index in [1.165, 1.54) is 31.7 Å². The number of sulfonamides is 1. The van der Waals surface area contributed by atoms with Crippen LogP contribution in [0, 0.1) is 0 Å². The molecule has 2 aliphatic rings. The van der Waals surface area contributed by atoms with Gasteiger partial charge in [0, 0.05) is 24.7 Å². The molecule has 0 aliphatic carbocycles. The largest absolute Gasteiger partial charge is 0.310 e. The number of nitrogens with zero attached hydrogens (tertiary/aromatic N) is 1. The van der Waals surface area contributed by atoms with Gasteiger partial charge in [0.2, 0.25) is 10.0 Å². The van der Waals surface area contributed by atoms with Gasteiger partial charge in [-0.3, -0.25) is 0 Å². The van der Waals surface area contributed by atoms with Crippen molar-refractivity contribution in [2.75, 3.05) is 7.05 Å². The Morgan fingerprint density at radius 3 is 2.57 bits per heavy atom. The summed E-state index contributed by atoms with van der Waals surface area (Å²) in [7, 11) is -1.39. The summed E-state index contributed by atoms with van der Waals surface area (Å²) < 4.78 is 22.7. The Morgan fingerprint density at radius 1 is 1.29 bits per heavy atom. The number of nitrogens with two attached hydrogens (primary N) is 1. The van der Waals surface area contributed by atoms with Crippen LogP contribution >= 0.6 is 0 Å². The van der Waals surface area contributed by atoms with Gasteiger partial charge in [0.15, 0.2) is 0 Å². The van der Waals surface area contributed by atoms with Crippen LogP contribution < -0.4 is 10.5 Å². The maximum absolute atomic E-state index is 11.4. The maximum Gasteiger partial charge on any atom is 0.238 e. The van der Waals surface area contributed by atoms with E-state index in [0.29, 0.717) is 24.7 Å². The van der Waals surface area contributed by atoms with Crippen molar-refractivity contribution in [1.82, 2.24) is 10.2 Å². The van der Waals surface area contributed by atoms with Gasteiger partial charge < -0.3 is 10.2 Å². The summed E-state index contributed by atoms with van der Waals surface area (Å²) in [5.41, 5.74) is 0.966. The molecule has 0 saturated carbocycles. The third-order valence-corrected chi connectivity index (χ3v) is 5.83. The maximum atomic E-state index is 11.4. The first kappa shape index (κ1) is 15.0. The van der Waals surface area contributed by atoms with Gasteiger partial charge in [-0.05, 0) is 50.4 Å². The molecule has 6 heteroatoms. The Labute approximate surface area is 126 Å². The molecule has 0 amide bonds. The lowest BCUT2D eigenvalue weighted by atomic mass is 9.98. The van der Waals surface area contributed by atoms with Crippen molar-refractivity contribution in [3.63, 3.8) is 0 Å². The molecule has 21 heavy (non-hydrogen) atoms. The van der Waals surface area contributed by atoms with Crippen LogP contribution in [0.3, 0.4) is 0 Å². The van der Waals surface area contributed by atoms with E-state index in [1.807, 2.05) is 6.07 Å². The molecular formula is C15H23N3O2S. The van der Waals surface area contributed by atoms with Crippen LogP contribution in [0.2, 0.25) is 0 Å². The summed E-state index contributed by atoms with van der Waals surface area (Å²) in [6.45, 7) is 0.692. The number of fused-ring (bicyclic) bond motifs is 2. The number of piperidine rings is 1. The molecule has 2 atom stereocenters. The molecule has 3 N–H and O–H groups in total. The van der Waals surface area contributed by atoms with Crippen molar-refractivity contribution in [1.29, 1.82) is 0 Å². The first-order chi connectivity index (χ1) is 9.93. The van der Waals surface area contributed by atoms with Crippen LogP contribution in [0.5, 0.6) is 0 Å². The standard InChI is InChI=1S/C15H23N3O2S/c1-18-13-5-6-14(18)9-12(8-13)17-10-11-3-2-4-15(7-11)21(16,19)20/h2-4,7,12-14,17H,5-6,8-10H2,1H3,(H2,16,19,20). The molecule has 2 heterocycles. The van der Waals surface area contributed by atoms with E-state index in [1.54, 1.807) is 12.1 Å². The van der Waals surface area contributed by atoms with Crippen LogP contribution in [0.4, 0.5) is 0 Å². The Hall–Kier alpha value is -0.950. The molecule has 0 spiro atoms. The highest BCUT2D eigenvalue weighted by Gasteiger charge is 2.37. The van der Waals surface area contributed by atoms with Gasteiger partial charge in [-0.2, -0.15) is 0 Å². The van der Waals surface area contributed by atoms with Gasteiger partial charge in [0.25, 0.3) is 0 Å². The fourth-order valence-electron chi connectivity index (χ4n) is 3.67. The first-order valence-corrected chi connectivity index (χ1v) is 9.05. The highest BCUT2D eigenvalue weighted by molar-refractivity contribution is 7.89. The zero-order chi connectivity index (χ0) is 15.0. The fraction of sp³-hybridized carbons (Fsp3) is 0.600. The monoisotopic (exact) mass is 309 g/mol. The van der Waals surface area contributed by atoms with Gasteiger partial charge in [0.05, 0.1) is 4.90 Å². The summed E-state index contributed by atoms with van der Waals surface area (Å²) in [6.07, 6.45) is 4.98. The molecule has 2 unspecified atom stereocenters. The summed E-state index contributed by atoms with van der Waals surface area (Å²) in [5, 5.41) is 8.75. The molecule has 1 aromatic rings. The molecule has 3 rings (SSSR count). The van der Waals surface area contributed by atoms with Crippen molar-refractivity contribution >= 4 is 10.0 Å². The summed E-state index contributed by atoms with van der Waals surface area (Å²) in [6, 6.07) is 8.81. The van der Waals surface area contributed by atoms with E-state index in [9.17, 15) is 8.42 Å². The van der Waals surface area contributed by atoms with Crippen LogP contribution in [0.25, 0.3) is 0 Å². The predicted molar refractivity (Wildman–Crippen MR) is 82.2 cm³/mol. The topological polar surface area (TPSA) is 75.4 Å². The number of hydrogen-bond donors (Lipinski definition) is 2. The summed E-state index contributed by atoms with van der Waals surface area (Å²) >= 11 is 0. The van der Waals surface area contributed by atoms with E-state index >= 15 is 0 Å². The Kier molecular flexibility index (Phi) is 4.05. The van der Waals surface area contributed by atoms with E-state index in [2.05, 4.69) is 17.3 Å². The normalized spacial score (nSPS) is 29.7. The summed E-state index contributed by atoms with van der Waals surface area (Å²) in [5.74, 6) is 0. The fourth-order valence-corrected chi connectivity index (χ4v) is 4.26. The lowest BCUT2D eigenvalue weighted by Crippen LogP contribution is -2.46. The van der Waals surface area contributed by atoms with E-state index in [-0.39, 0.29) is 4.90 Å². The SMILES string of the molecule is CN1C2CCC1CC(NCc1cccc(S(N)(=O)=O)c1)C2. The molecule has 0 aromatic heterocycles. The smallest absolute Gasteiger partial charge is 0.238 e. The highest BCUT2D eigenvalue weighted by Crippen LogP contribution is 2.34. The second kappa shape index (κ2) is 5.68. The van der Waals surface area contributed by atoms with Crippen LogP contribution in [0.1, 0.15) is 31.2 Å². The molecule has 2 saturated heterocycles. The average molecular weight is 309 g/mol. The minimum atomic E-state index is -3.62. The van der Waals surface area contributed by atoms with Crippen LogP contribution in [-0.4, -0.2) is 38.5 Å². The zero-order valence-electron chi connectivity index (χ0n) is 12.3. The zero-order valence-corrected chi connectivity index (χ0v) is 13.1. The summed E-state index contributed by atoms with van der Waals surface area (Å²) in [4.78, 5) is 2.70. The van der Waals surface area contributed by atoms with Crippen LogP contribution in [-0.2, 0) is 16.6 Å². The van der Waals surface area contributed by atoms with Gasteiger partial charge >= 0.3 is 0 Å². The molecule has 2 bridgehead atoms. The molecule has 2 aliphatic heterocycles. The van der Waals surface area contributed by atoms with Crippen molar-refractivity contribution < 1.29 is 8.42 Å². The Balaban J connectivity index is 1.61. The molecular weight excluding hydrogens is 286 g/mol. The minimum Gasteiger partial charge on any atom is -0.310 e. The Bertz CT molecular complexity index is 603. The highest BCUT2D eigenvalue weighted by atomic mass is 32.2. The number of benzene rings is 1. The number of nitrogens with one attached hydrogen (secondary N) is 1. The predicted octanol–water partition coefficient (Wildman–Crippen LogP) is 1.05. The van der Waals surface area contributed by atoms with Crippen molar-refractivity contribution in [3.8, 4) is 0 Å². The second-order valence-corrected chi connectivity index (χ2v) is 7.85. The minimum absolute atomic E-state index is 0.185. The van der Waals surface area contributed by atoms with Crippen molar-refractivity contribution in [2.45, 2.75) is 55.2 Å². The van der Waals surface area contributed by atoms with E-state index in [0.717, 1.165) is 5.56 Å². The molecule has 116 valence electrons. The number of rotatable bonds is 4. The molecule has 2 fully saturated rings. The first-order valence-electron chi connectivity index (χ1n) is 7.50. The third kappa shape index (κ3) is 3.29. The lowest BCUT2D eigenvalue weighted by molar-refractivity contribution is 0.148. The van der Waals surface area contributed by atoms with Gasteiger partial charge in [-0.25, -0.2) is 13.6 Å².